The fraction of sp³-hybridized carbons (Fsp3) is 0.250. The standard InChI is InChI=1S/C8H9Cl2NO2S/c1-5-2-6(9)7(10)3-8(5)11-4-14(12)13/h2-3,11H,4H2,1H3,(H,12,13)/p-1. The Kier molecular flexibility index (Phi) is 4.19. The summed E-state index contributed by atoms with van der Waals surface area (Å²) in [6, 6.07) is 3.28. The van der Waals surface area contributed by atoms with Gasteiger partial charge in [0.1, 0.15) is 0 Å². The Morgan fingerprint density at radius 2 is 2.00 bits per heavy atom. The number of aryl methyl sites for hydroxylation is 1. The monoisotopic (exact) mass is 252 g/mol. The first-order chi connectivity index (χ1) is 6.50. The van der Waals surface area contributed by atoms with Gasteiger partial charge in [0.05, 0.1) is 15.9 Å². The van der Waals surface area contributed by atoms with Gasteiger partial charge in [0.2, 0.25) is 0 Å². The predicted octanol–water partition coefficient (Wildman–Crippen LogP) is 2.55. The lowest BCUT2D eigenvalue weighted by Crippen LogP contribution is -2.08. The highest BCUT2D eigenvalue weighted by Gasteiger charge is 2.03. The second-order valence-corrected chi connectivity index (χ2v) is 4.42. The molecule has 1 atom stereocenters. The van der Waals surface area contributed by atoms with Gasteiger partial charge in [-0.1, -0.05) is 23.2 Å². The third kappa shape index (κ3) is 3.13. The molecule has 6 heteroatoms. The number of nitrogens with one attached hydrogen (secondary N) is 1. The van der Waals surface area contributed by atoms with E-state index in [-0.39, 0.29) is 5.88 Å². The molecule has 0 aliphatic heterocycles. The van der Waals surface area contributed by atoms with Gasteiger partial charge >= 0.3 is 0 Å². The summed E-state index contributed by atoms with van der Waals surface area (Å²) in [4.78, 5) is 0. The quantitative estimate of drug-likeness (QED) is 0.842. The van der Waals surface area contributed by atoms with Crippen molar-refractivity contribution in [3.8, 4) is 0 Å². The first-order valence-electron chi connectivity index (χ1n) is 3.76. The lowest BCUT2D eigenvalue weighted by atomic mass is 10.2. The van der Waals surface area contributed by atoms with E-state index in [1.165, 1.54) is 0 Å². The van der Waals surface area contributed by atoms with Crippen molar-refractivity contribution in [2.75, 3.05) is 11.2 Å². The molecule has 0 saturated heterocycles. The van der Waals surface area contributed by atoms with Crippen LogP contribution in [0.15, 0.2) is 12.1 Å². The van der Waals surface area contributed by atoms with Crippen LogP contribution >= 0.6 is 23.2 Å². The van der Waals surface area contributed by atoms with E-state index in [2.05, 4.69) is 5.32 Å². The van der Waals surface area contributed by atoms with E-state index in [0.29, 0.717) is 15.7 Å². The first-order valence-corrected chi connectivity index (χ1v) is 5.76. The second kappa shape index (κ2) is 4.98. The van der Waals surface area contributed by atoms with Gasteiger partial charge in [0, 0.05) is 5.69 Å². The number of rotatable bonds is 3. The summed E-state index contributed by atoms with van der Waals surface area (Å²) in [5, 5.41) is 3.58. The molecule has 0 radical (unpaired) electrons. The second-order valence-electron chi connectivity index (χ2n) is 2.71. The molecule has 3 nitrogen and oxygen atoms in total. The van der Waals surface area contributed by atoms with Crippen LogP contribution in [0.1, 0.15) is 5.56 Å². The summed E-state index contributed by atoms with van der Waals surface area (Å²) in [6.45, 7) is 1.82. The van der Waals surface area contributed by atoms with Crippen LogP contribution in [0.4, 0.5) is 5.69 Å². The van der Waals surface area contributed by atoms with E-state index in [9.17, 15) is 8.76 Å². The van der Waals surface area contributed by atoms with Crippen molar-refractivity contribution >= 4 is 40.0 Å². The van der Waals surface area contributed by atoms with Gasteiger partial charge in [0.25, 0.3) is 0 Å². The fourth-order valence-electron chi connectivity index (χ4n) is 0.973. The van der Waals surface area contributed by atoms with E-state index < -0.39 is 11.1 Å². The minimum absolute atomic E-state index is 0.140. The van der Waals surface area contributed by atoms with Gasteiger partial charge < -0.3 is 9.87 Å². The molecule has 0 aromatic heterocycles. The summed E-state index contributed by atoms with van der Waals surface area (Å²) in [5.74, 6) is -0.140. The summed E-state index contributed by atoms with van der Waals surface area (Å²) in [6.07, 6.45) is 0. The number of benzene rings is 1. The average Bonchev–Trinajstić information content (AvgIpc) is 2.09. The minimum atomic E-state index is -2.12. The molecule has 0 spiro atoms. The maximum absolute atomic E-state index is 10.3. The first kappa shape index (κ1) is 11.8. The highest BCUT2D eigenvalue weighted by Crippen LogP contribution is 2.28. The van der Waals surface area contributed by atoms with Gasteiger partial charge in [-0.25, -0.2) is 0 Å². The Morgan fingerprint density at radius 1 is 1.43 bits per heavy atom. The van der Waals surface area contributed by atoms with Crippen LogP contribution in [0.5, 0.6) is 0 Å². The SMILES string of the molecule is Cc1cc(Cl)c(Cl)cc1NCS(=O)[O-]. The molecular weight excluding hydrogens is 245 g/mol. The molecule has 78 valence electrons. The highest BCUT2D eigenvalue weighted by atomic mass is 35.5. The van der Waals surface area contributed by atoms with Crippen LogP contribution in [-0.2, 0) is 11.1 Å². The van der Waals surface area contributed by atoms with Crippen LogP contribution < -0.4 is 5.32 Å². The molecule has 0 bridgehead atoms. The van der Waals surface area contributed by atoms with Gasteiger partial charge in [-0.15, -0.1) is 0 Å². The topological polar surface area (TPSA) is 52.2 Å². The van der Waals surface area contributed by atoms with Crippen molar-refractivity contribution in [1.82, 2.24) is 0 Å². The summed E-state index contributed by atoms with van der Waals surface area (Å²) in [5.41, 5.74) is 1.52. The third-order valence-corrected chi connectivity index (χ3v) is 2.75. The summed E-state index contributed by atoms with van der Waals surface area (Å²) < 4.78 is 20.6. The third-order valence-electron chi connectivity index (χ3n) is 1.65. The van der Waals surface area contributed by atoms with Crippen molar-refractivity contribution in [1.29, 1.82) is 0 Å². The molecule has 0 aliphatic rings. The molecule has 14 heavy (non-hydrogen) atoms. The van der Waals surface area contributed by atoms with Crippen molar-refractivity contribution in [3.63, 3.8) is 0 Å². The van der Waals surface area contributed by atoms with Gasteiger partial charge in [0.15, 0.2) is 0 Å². The Hall–Kier alpha value is -0.290. The highest BCUT2D eigenvalue weighted by molar-refractivity contribution is 7.79. The molecule has 1 N–H and O–H groups in total. The van der Waals surface area contributed by atoms with Crippen LogP contribution in [0.3, 0.4) is 0 Å². The lowest BCUT2D eigenvalue weighted by Gasteiger charge is -2.12. The van der Waals surface area contributed by atoms with Crippen molar-refractivity contribution in [2.24, 2.45) is 0 Å². The molecule has 0 saturated carbocycles. The van der Waals surface area contributed by atoms with Crippen LogP contribution in [0.25, 0.3) is 0 Å². The molecule has 0 aliphatic carbocycles. The Balaban J connectivity index is 2.87. The van der Waals surface area contributed by atoms with Crippen LogP contribution in [-0.4, -0.2) is 14.6 Å². The summed E-state index contributed by atoms with van der Waals surface area (Å²) >= 11 is 9.42. The van der Waals surface area contributed by atoms with Crippen molar-refractivity contribution in [3.05, 3.63) is 27.7 Å². The number of hydrogen-bond donors (Lipinski definition) is 1. The number of halogens is 2. The van der Waals surface area contributed by atoms with Crippen molar-refractivity contribution in [2.45, 2.75) is 6.92 Å². The van der Waals surface area contributed by atoms with Gasteiger partial charge in [-0.05, 0) is 35.7 Å². The van der Waals surface area contributed by atoms with E-state index in [0.717, 1.165) is 5.56 Å². The average molecular weight is 253 g/mol. The number of hydrogen-bond acceptors (Lipinski definition) is 3. The molecule has 1 rings (SSSR count). The smallest absolute Gasteiger partial charge is 0.0777 e. The molecule has 1 aromatic carbocycles. The largest absolute Gasteiger partial charge is 0.771 e. The van der Waals surface area contributed by atoms with Crippen LogP contribution in [0.2, 0.25) is 10.0 Å². The molecular formula is C8H8Cl2NO2S-. The van der Waals surface area contributed by atoms with Gasteiger partial charge in [-0.3, -0.25) is 4.21 Å². The van der Waals surface area contributed by atoms with E-state index in [1.807, 2.05) is 6.92 Å². The fourth-order valence-corrected chi connectivity index (χ4v) is 1.63. The molecule has 0 heterocycles. The van der Waals surface area contributed by atoms with Crippen LogP contribution in [0, 0.1) is 6.92 Å². The predicted molar refractivity (Wildman–Crippen MR) is 58.6 cm³/mol. The minimum Gasteiger partial charge on any atom is -0.771 e. The lowest BCUT2D eigenvalue weighted by molar-refractivity contribution is 0.539. The Labute approximate surface area is 94.7 Å². The zero-order valence-electron chi connectivity index (χ0n) is 7.34. The molecule has 1 unspecified atom stereocenters. The van der Waals surface area contributed by atoms with Crippen molar-refractivity contribution < 1.29 is 8.76 Å². The Morgan fingerprint density at radius 3 is 2.57 bits per heavy atom. The zero-order valence-corrected chi connectivity index (χ0v) is 9.67. The molecule has 0 amide bonds. The number of anilines is 1. The zero-order chi connectivity index (χ0) is 10.7. The maximum Gasteiger partial charge on any atom is 0.0777 e. The molecule has 0 fully saturated rings. The van der Waals surface area contributed by atoms with E-state index >= 15 is 0 Å². The summed E-state index contributed by atoms with van der Waals surface area (Å²) in [7, 11) is 0. The van der Waals surface area contributed by atoms with E-state index in [1.54, 1.807) is 12.1 Å². The van der Waals surface area contributed by atoms with Gasteiger partial charge in [-0.2, -0.15) is 0 Å². The normalized spacial score (nSPS) is 12.6. The van der Waals surface area contributed by atoms with E-state index in [4.69, 9.17) is 23.2 Å². The maximum atomic E-state index is 10.3. The molecule has 1 aromatic rings. The Bertz CT molecular complexity index is 371.